The van der Waals surface area contributed by atoms with Gasteiger partial charge < -0.3 is 20.9 Å². The first-order valence-electron chi connectivity index (χ1n) is 8.58. The SMILES string of the molecule is CC(=O)Nc1cccc(NC(=O)CN(C(C)=O)c2cccc(NC(C)=O)c2)c1. The van der Waals surface area contributed by atoms with Crippen LogP contribution in [0.25, 0.3) is 0 Å². The van der Waals surface area contributed by atoms with Crippen LogP contribution in [0.2, 0.25) is 0 Å². The van der Waals surface area contributed by atoms with Gasteiger partial charge in [0.05, 0.1) is 0 Å². The van der Waals surface area contributed by atoms with Gasteiger partial charge in [-0.25, -0.2) is 0 Å². The summed E-state index contributed by atoms with van der Waals surface area (Å²) in [7, 11) is 0. The molecule has 8 heteroatoms. The minimum Gasteiger partial charge on any atom is -0.326 e. The van der Waals surface area contributed by atoms with Gasteiger partial charge in [-0.1, -0.05) is 12.1 Å². The highest BCUT2D eigenvalue weighted by Gasteiger charge is 2.16. The highest BCUT2D eigenvalue weighted by atomic mass is 16.2. The van der Waals surface area contributed by atoms with Crippen LogP contribution in [0.3, 0.4) is 0 Å². The molecule has 2 aromatic carbocycles. The van der Waals surface area contributed by atoms with Crippen LogP contribution in [-0.4, -0.2) is 30.2 Å². The Morgan fingerprint density at radius 1 is 0.750 bits per heavy atom. The molecule has 0 unspecified atom stereocenters. The molecule has 0 bridgehead atoms. The number of carbonyl (C=O) groups excluding carboxylic acids is 4. The second-order valence-corrected chi connectivity index (χ2v) is 6.15. The van der Waals surface area contributed by atoms with E-state index in [1.165, 1.54) is 25.7 Å². The van der Waals surface area contributed by atoms with Gasteiger partial charge >= 0.3 is 0 Å². The van der Waals surface area contributed by atoms with Crippen molar-refractivity contribution in [2.45, 2.75) is 20.8 Å². The fourth-order valence-electron chi connectivity index (χ4n) is 2.56. The lowest BCUT2D eigenvalue weighted by atomic mass is 10.2. The normalized spacial score (nSPS) is 9.96. The molecule has 3 N–H and O–H groups in total. The van der Waals surface area contributed by atoms with Gasteiger partial charge in [0, 0.05) is 43.5 Å². The Morgan fingerprint density at radius 3 is 1.79 bits per heavy atom. The Morgan fingerprint density at radius 2 is 1.25 bits per heavy atom. The first-order valence-corrected chi connectivity index (χ1v) is 8.58. The summed E-state index contributed by atoms with van der Waals surface area (Å²) >= 11 is 0. The molecular formula is C20H22N4O4. The number of hydrogen-bond donors (Lipinski definition) is 3. The summed E-state index contributed by atoms with van der Waals surface area (Å²) in [5.74, 6) is -1.17. The summed E-state index contributed by atoms with van der Waals surface area (Å²) in [5.41, 5.74) is 2.06. The third-order valence-corrected chi connectivity index (χ3v) is 3.63. The van der Waals surface area contributed by atoms with Crippen molar-refractivity contribution in [3.05, 3.63) is 48.5 Å². The van der Waals surface area contributed by atoms with Crippen molar-refractivity contribution in [3.8, 4) is 0 Å². The second-order valence-electron chi connectivity index (χ2n) is 6.15. The van der Waals surface area contributed by atoms with E-state index < -0.39 is 5.91 Å². The zero-order valence-electron chi connectivity index (χ0n) is 15.9. The third-order valence-electron chi connectivity index (χ3n) is 3.63. The molecule has 0 aliphatic rings. The van der Waals surface area contributed by atoms with E-state index in [2.05, 4.69) is 16.0 Å². The first-order chi connectivity index (χ1) is 13.2. The van der Waals surface area contributed by atoms with Crippen molar-refractivity contribution in [2.75, 3.05) is 27.4 Å². The molecule has 0 saturated carbocycles. The monoisotopic (exact) mass is 382 g/mol. The van der Waals surface area contributed by atoms with Gasteiger partial charge in [0.1, 0.15) is 6.54 Å². The second kappa shape index (κ2) is 9.31. The van der Waals surface area contributed by atoms with Crippen molar-refractivity contribution < 1.29 is 19.2 Å². The smallest absolute Gasteiger partial charge is 0.244 e. The molecule has 0 aromatic heterocycles. The lowest BCUT2D eigenvalue weighted by Gasteiger charge is -2.21. The minimum atomic E-state index is -0.403. The van der Waals surface area contributed by atoms with Gasteiger partial charge in [-0.15, -0.1) is 0 Å². The van der Waals surface area contributed by atoms with Gasteiger partial charge in [-0.2, -0.15) is 0 Å². The van der Waals surface area contributed by atoms with Crippen LogP contribution in [0, 0.1) is 0 Å². The largest absolute Gasteiger partial charge is 0.326 e. The molecule has 0 radical (unpaired) electrons. The van der Waals surface area contributed by atoms with Gasteiger partial charge in [0.15, 0.2) is 0 Å². The average molecular weight is 382 g/mol. The first kappa shape index (κ1) is 20.6. The zero-order valence-corrected chi connectivity index (χ0v) is 15.9. The predicted molar refractivity (Wildman–Crippen MR) is 108 cm³/mol. The van der Waals surface area contributed by atoms with Crippen LogP contribution in [0.5, 0.6) is 0 Å². The fourth-order valence-corrected chi connectivity index (χ4v) is 2.56. The van der Waals surface area contributed by atoms with E-state index in [9.17, 15) is 19.2 Å². The summed E-state index contributed by atoms with van der Waals surface area (Å²) < 4.78 is 0. The number of benzene rings is 2. The van der Waals surface area contributed by atoms with Crippen LogP contribution in [-0.2, 0) is 19.2 Å². The summed E-state index contributed by atoms with van der Waals surface area (Å²) in [5, 5.41) is 7.98. The van der Waals surface area contributed by atoms with E-state index >= 15 is 0 Å². The topological polar surface area (TPSA) is 108 Å². The molecular weight excluding hydrogens is 360 g/mol. The summed E-state index contributed by atoms with van der Waals surface area (Å²) in [4.78, 5) is 48.2. The minimum absolute atomic E-state index is 0.205. The molecule has 0 fully saturated rings. The van der Waals surface area contributed by atoms with E-state index in [-0.39, 0.29) is 24.3 Å². The van der Waals surface area contributed by atoms with Crippen molar-refractivity contribution in [3.63, 3.8) is 0 Å². The molecule has 0 heterocycles. The van der Waals surface area contributed by atoms with Crippen LogP contribution in [0.1, 0.15) is 20.8 Å². The molecule has 0 aliphatic heterocycles. The number of nitrogens with one attached hydrogen (secondary N) is 3. The maximum Gasteiger partial charge on any atom is 0.244 e. The van der Waals surface area contributed by atoms with Crippen molar-refractivity contribution >= 4 is 46.4 Å². The molecule has 4 amide bonds. The zero-order chi connectivity index (χ0) is 20.7. The quantitative estimate of drug-likeness (QED) is 0.714. The van der Waals surface area contributed by atoms with Crippen molar-refractivity contribution in [2.24, 2.45) is 0 Å². The van der Waals surface area contributed by atoms with E-state index in [1.807, 2.05) is 0 Å². The van der Waals surface area contributed by atoms with Crippen molar-refractivity contribution in [1.29, 1.82) is 0 Å². The third kappa shape index (κ3) is 6.24. The summed E-state index contributed by atoms with van der Waals surface area (Å²) in [6.07, 6.45) is 0. The van der Waals surface area contributed by atoms with Crippen LogP contribution < -0.4 is 20.9 Å². The molecule has 146 valence electrons. The van der Waals surface area contributed by atoms with Crippen LogP contribution in [0.15, 0.2) is 48.5 Å². The Balaban J connectivity index is 2.12. The fraction of sp³-hybridized carbons (Fsp3) is 0.200. The molecule has 2 rings (SSSR count). The molecule has 0 atom stereocenters. The van der Waals surface area contributed by atoms with Crippen LogP contribution >= 0.6 is 0 Å². The highest BCUT2D eigenvalue weighted by molar-refractivity contribution is 6.02. The lowest BCUT2D eigenvalue weighted by molar-refractivity contribution is -0.120. The van der Waals surface area contributed by atoms with Gasteiger partial charge in [0.2, 0.25) is 23.6 Å². The van der Waals surface area contributed by atoms with Gasteiger partial charge in [-0.05, 0) is 36.4 Å². The number of amides is 4. The van der Waals surface area contributed by atoms with Gasteiger partial charge in [-0.3, -0.25) is 19.2 Å². The molecule has 0 aliphatic carbocycles. The summed E-state index contributed by atoms with van der Waals surface area (Å²) in [6.45, 7) is 3.93. The molecule has 2 aromatic rings. The number of rotatable bonds is 6. The van der Waals surface area contributed by atoms with Crippen LogP contribution in [0.4, 0.5) is 22.7 Å². The molecule has 8 nitrogen and oxygen atoms in total. The van der Waals surface area contributed by atoms with E-state index in [0.717, 1.165) is 0 Å². The Labute approximate surface area is 162 Å². The van der Waals surface area contributed by atoms with E-state index in [0.29, 0.717) is 22.7 Å². The number of nitrogens with zero attached hydrogens (tertiary/aromatic N) is 1. The highest BCUT2D eigenvalue weighted by Crippen LogP contribution is 2.20. The number of carbonyl (C=O) groups is 4. The molecule has 28 heavy (non-hydrogen) atoms. The Kier molecular flexibility index (Phi) is 6.86. The summed E-state index contributed by atoms with van der Waals surface area (Å²) in [6, 6.07) is 13.4. The Bertz CT molecular complexity index is 911. The predicted octanol–water partition coefficient (Wildman–Crippen LogP) is 2.60. The Hall–Kier alpha value is -3.68. The van der Waals surface area contributed by atoms with Crippen molar-refractivity contribution in [1.82, 2.24) is 0 Å². The maximum atomic E-state index is 12.4. The van der Waals surface area contributed by atoms with E-state index in [1.54, 1.807) is 48.5 Å². The van der Waals surface area contributed by atoms with Gasteiger partial charge in [0.25, 0.3) is 0 Å². The standard InChI is InChI=1S/C20H22N4O4/c1-13(25)21-16-6-4-7-17(10-16)23-20(28)12-24(15(3)27)19-9-5-8-18(11-19)22-14(2)26/h4-11H,12H2,1-3H3,(H,21,25)(H,22,26)(H,23,28). The maximum absolute atomic E-state index is 12.4. The number of hydrogen-bond acceptors (Lipinski definition) is 4. The van der Waals surface area contributed by atoms with E-state index in [4.69, 9.17) is 0 Å². The molecule has 0 spiro atoms. The average Bonchev–Trinajstić information content (AvgIpc) is 2.58. The lowest BCUT2D eigenvalue weighted by Crippen LogP contribution is -2.36. The number of anilines is 4. The molecule has 0 saturated heterocycles.